The maximum Gasteiger partial charge on any atom is 0.145 e. The molecule has 2 nitrogen and oxygen atoms in total. The second-order valence-electron chi connectivity index (χ2n) is 3.62. The van der Waals surface area contributed by atoms with Gasteiger partial charge in [0.15, 0.2) is 0 Å². The third-order valence-corrected chi connectivity index (χ3v) is 2.38. The minimum Gasteiger partial charge on any atom is -0.344 e. The number of allylic oxidation sites excluding steroid dienone is 3. The van der Waals surface area contributed by atoms with Crippen molar-refractivity contribution < 1.29 is 10.1 Å². The fourth-order valence-corrected chi connectivity index (χ4v) is 1.62. The molecule has 0 amide bonds. The Hall–Kier alpha value is -0.760. The Labute approximate surface area is 73.5 Å². The highest BCUT2D eigenvalue weighted by atomic mass is 17.1. The van der Waals surface area contributed by atoms with Crippen molar-refractivity contribution in [2.45, 2.75) is 33.1 Å². The van der Waals surface area contributed by atoms with Crippen molar-refractivity contribution in [1.82, 2.24) is 0 Å². The molecule has 0 aromatic heterocycles. The number of hydrogen-bond donors (Lipinski definition) is 1. The van der Waals surface area contributed by atoms with Crippen molar-refractivity contribution in [2.24, 2.45) is 5.92 Å². The number of rotatable bonds is 2. The summed E-state index contributed by atoms with van der Waals surface area (Å²) in [5.74, 6) is 1.32. The molecule has 0 saturated carbocycles. The second kappa shape index (κ2) is 3.76. The highest BCUT2D eigenvalue weighted by Crippen LogP contribution is 2.32. The molecule has 1 atom stereocenters. The summed E-state index contributed by atoms with van der Waals surface area (Å²) in [4.78, 5) is 4.35. The predicted octanol–water partition coefficient (Wildman–Crippen LogP) is 3.13. The van der Waals surface area contributed by atoms with E-state index in [0.29, 0.717) is 11.7 Å². The van der Waals surface area contributed by atoms with Gasteiger partial charge in [-0.3, -0.25) is 0 Å². The van der Waals surface area contributed by atoms with E-state index in [1.807, 2.05) is 6.92 Å². The maximum atomic E-state index is 8.63. The first kappa shape index (κ1) is 9.33. The van der Waals surface area contributed by atoms with Crippen molar-refractivity contribution in [2.75, 3.05) is 0 Å². The van der Waals surface area contributed by atoms with Gasteiger partial charge in [0.1, 0.15) is 5.76 Å². The summed E-state index contributed by atoms with van der Waals surface area (Å²) in [6.45, 7) is 7.96. The Morgan fingerprint density at radius 3 is 2.83 bits per heavy atom. The van der Waals surface area contributed by atoms with E-state index in [-0.39, 0.29) is 0 Å². The van der Waals surface area contributed by atoms with Gasteiger partial charge in [0.05, 0.1) is 0 Å². The van der Waals surface area contributed by atoms with Crippen molar-refractivity contribution in [3.05, 3.63) is 23.5 Å². The summed E-state index contributed by atoms with van der Waals surface area (Å²) in [6.07, 6.45) is 2.97. The Morgan fingerprint density at radius 2 is 2.33 bits per heavy atom. The molecule has 12 heavy (non-hydrogen) atoms. The van der Waals surface area contributed by atoms with Crippen molar-refractivity contribution >= 4 is 0 Å². The van der Waals surface area contributed by atoms with Crippen LogP contribution in [0, 0.1) is 5.92 Å². The fraction of sp³-hybridized carbons (Fsp3) is 0.600. The van der Waals surface area contributed by atoms with Crippen molar-refractivity contribution in [3.8, 4) is 0 Å². The van der Waals surface area contributed by atoms with Gasteiger partial charge in [0.2, 0.25) is 0 Å². The minimum atomic E-state index is 0.607. The highest BCUT2D eigenvalue weighted by Gasteiger charge is 2.19. The van der Waals surface area contributed by atoms with E-state index in [1.165, 1.54) is 0 Å². The zero-order chi connectivity index (χ0) is 9.14. The average Bonchev–Trinajstić information content (AvgIpc) is 2.03. The summed E-state index contributed by atoms with van der Waals surface area (Å²) in [6, 6.07) is 0. The summed E-state index contributed by atoms with van der Waals surface area (Å²) < 4.78 is 0. The molecule has 0 fully saturated rings. The Bertz CT molecular complexity index is 216. The average molecular weight is 168 g/mol. The minimum absolute atomic E-state index is 0.607. The molecule has 0 bridgehead atoms. The molecule has 1 aliphatic rings. The normalized spacial score (nSPS) is 24.1. The van der Waals surface area contributed by atoms with E-state index < -0.39 is 0 Å². The maximum absolute atomic E-state index is 8.63. The van der Waals surface area contributed by atoms with Gasteiger partial charge in [0, 0.05) is 6.42 Å². The molecule has 0 aromatic rings. The van der Waals surface area contributed by atoms with Crippen LogP contribution in [0.1, 0.15) is 33.1 Å². The van der Waals surface area contributed by atoms with Gasteiger partial charge < -0.3 is 4.89 Å². The summed E-state index contributed by atoms with van der Waals surface area (Å²) in [5.41, 5.74) is 2.10. The lowest BCUT2D eigenvalue weighted by atomic mass is 9.87. The molecule has 0 spiro atoms. The summed E-state index contributed by atoms with van der Waals surface area (Å²) in [7, 11) is 0. The molecule has 68 valence electrons. The lowest BCUT2D eigenvalue weighted by Crippen LogP contribution is -2.09. The Morgan fingerprint density at radius 1 is 1.67 bits per heavy atom. The Kier molecular flexibility index (Phi) is 2.93. The molecule has 0 aliphatic heterocycles. The SMILES string of the molecule is C=C(C)C1=C(OO)CC(C)CC1. The molecule has 2 heteroatoms. The fourth-order valence-electron chi connectivity index (χ4n) is 1.62. The molecule has 1 rings (SSSR count). The van der Waals surface area contributed by atoms with Crippen LogP contribution in [0.25, 0.3) is 0 Å². The standard InChI is InChI=1S/C10H16O2/c1-7(2)9-5-4-8(3)6-10(9)12-11/h8,11H,1,4-6H2,2-3H3. The Balaban J connectivity index is 2.83. The van der Waals surface area contributed by atoms with Crippen LogP contribution in [0.2, 0.25) is 0 Å². The van der Waals surface area contributed by atoms with Crippen LogP contribution in [0.4, 0.5) is 0 Å². The van der Waals surface area contributed by atoms with Crippen LogP contribution < -0.4 is 0 Å². The molecule has 0 aromatic carbocycles. The van der Waals surface area contributed by atoms with E-state index in [1.54, 1.807) is 0 Å². The third-order valence-electron chi connectivity index (χ3n) is 2.38. The summed E-state index contributed by atoms with van der Waals surface area (Å²) in [5, 5.41) is 8.63. The van der Waals surface area contributed by atoms with Gasteiger partial charge in [-0.2, -0.15) is 0 Å². The molecule has 0 radical (unpaired) electrons. The van der Waals surface area contributed by atoms with Crippen LogP contribution in [0.3, 0.4) is 0 Å². The van der Waals surface area contributed by atoms with E-state index in [2.05, 4.69) is 18.4 Å². The van der Waals surface area contributed by atoms with E-state index in [0.717, 1.165) is 30.4 Å². The third kappa shape index (κ3) is 1.89. The van der Waals surface area contributed by atoms with Crippen molar-refractivity contribution in [3.63, 3.8) is 0 Å². The largest absolute Gasteiger partial charge is 0.344 e. The van der Waals surface area contributed by atoms with E-state index in [4.69, 9.17) is 5.26 Å². The van der Waals surface area contributed by atoms with Crippen LogP contribution in [-0.2, 0) is 4.89 Å². The zero-order valence-corrected chi connectivity index (χ0v) is 7.76. The van der Waals surface area contributed by atoms with Gasteiger partial charge >= 0.3 is 0 Å². The lowest BCUT2D eigenvalue weighted by Gasteiger charge is -2.22. The molecule has 1 unspecified atom stereocenters. The van der Waals surface area contributed by atoms with Crippen LogP contribution in [0.5, 0.6) is 0 Å². The molecule has 1 N–H and O–H groups in total. The molecule has 0 saturated heterocycles. The van der Waals surface area contributed by atoms with Gasteiger partial charge in [-0.05, 0) is 31.3 Å². The van der Waals surface area contributed by atoms with Gasteiger partial charge in [0.25, 0.3) is 0 Å². The molecule has 1 aliphatic carbocycles. The van der Waals surface area contributed by atoms with E-state index in [9.17, 15) is 0 Å². The van der Waals surface area contributed by atoms with Crippen molar-refractivity contribution in [1.29, 1.82) is 0 Å². The second-order valence-corrected chi connectivity index (χ2v) is 3.62. The predicted molar refractivity (Wildman–Crippen MR) is 48.6 cm³/mol. The van der Waals surface area contributed by atoms with Crippen LogP contribution in [0.15, 0.2) is 23.5 Å². The summed E-state index contributed by atoms with van der Waals surface area (Å²) >= 11 is 0. The first-order valence-electron chi connectivity index (χ1n) is 4.34. The van der Waals surface area contributed by atoms with Gasteiger partial charge in [-0.15, -0.1) is 0 Å². The lowest BCUT2D eigenvalue weighted by molar-refractivity contribution is -0.208. The quantitative estimate of drug-likeness (QED) is 0.507. The highest BCUT2D eigenvalue weighted by molar-refractivity contribution is 5.30. The smallest absolute Gasteiger partial charge is 0.145 e. The monoisotopic (exact) mass is 168 g/mol. The van der Waals surface area contributed by atoms with Gasteiger partial charge in [-0.25, -0.2) is 5.26 Å². The van der Waals surface area contributed by atoms with Crippen LogP contribution in [-0.4, -0.2) is 5.26 Å². The van der Waals surface area contributed by atoms with E-state index >= 15 is 0 Å². The molecule has 0 heterocycles. The first-order chi connectivity index (χ1) is 5.65. The first-order valence-corrected chi connectivity index (χ1v) is 4.34. The topological polar surface area (TPSA) is 29.5 Å². The molecular formula is C10H16O2. The van der Waals surface area contributed by atoms with Crippen LogP contribution >= 0.6 is 0 Å². The number of hydrogen-bond acceptors (Lipinski definition) is 2. The molecular weight excluding hydrogens is 152 g/mol. The zero-order valence-electron chi connectivity index (χ0n) is 7.76. The van der Waals surface area contributed by atoms with Gasteiger partial charge in [-0.1, -0.05) is 19.1 Å².